The molecule has 1 heterocycles. The molecule has 0 amide bonds. The number of nitrogens with zero attached hydrogens (tertiary/aromatic N) is 3. The summed E-state index contributed by atoms with van der Waals surface area (Å²) in [5, 5.41) is 26.1. The monoisotopic (exact) mass is 226 g/mol. The zero-order valence-electron chi connectivity index (χ0n) is 8.51. The van der Waals surface area contributed by atoms with Crippen LogP contribution in [0.3, 0.4) is 0 Å². The molecule has 0 saturated heterocycles. The molecule has 1 aliphatic rings. The highest BCUT2D eigenvalue weighted by Crippen LogP contribution is 2.40. The Balaban J connectivity index is 2.28. The number of carbonyl (C=O) groups is 1. The Labute approximate surface area is 90.0 Å². The Kier molecular flexibility index (Phi) is 2.07. The molecule has 0 bridgehead atoms. The summed E-state index contributed by atoms with van der Waals surface area (Å²) in [5.41, 5.74) is -1.28. The molecule has 2 rings (SSSR count). The van der Waals surface area contributed by atoms with Crippen LogP contribution in [0.4, 0.5) is 11.5 Å². The second-order valence-corrected chi connectivity index (χ2v) is 3.81. The molecule has 0 atom stereocenters. The van der Waals surface area contributed by atoms with Gasteiger partial charge < -0.3 is 10.4 Å². The summed E-state index contributed by atoms with van der Waals surface area (Å²) in [6.45, 7) is 0. The SMILES string of the molecule is Cn1cc([N+](=O)[O-])c(NC2(C(=O)O)CC2)n1. The largest absolute Gasteiger partial charge is 0.480 e. The summed E-state index contributed by atoms with van der Waals surface area (Å²) >= 11 is 0. The van der Waals surface area contributed by atoms with E-state index in [0.29, 0.717) is 12.8 Å². The summed E-state index contributed by atoms with van der Waals surface area (Å²) in [5.74, 6) is -1.00. The van der Waals surface area contributed by atoms with Gasteiger partial charge in [0.2, 0.25) is 5.82 Å². The Hall–Kier alpha value is -2.12. The quantitative estimate of drug-likeness (QED) is 0.566. The van der Waals surface area contributed by atoms with Gasteiger partial charge in [0, 0.05) is 7.05 Å². The number of nitrogens with one attached hydrogen (secondary N) is 1. The van der Waals surface area contributed by atoms with E-state index in [1.54, 1.807) is 7.05 Å². The number of anilines is 1. The molecule has 0 aliphatic heterocycles. The molecular formula is C8H10N4O4. The fourth-order valence-electron chi connectivity index (χ4n) is 1.44. The highest BCUT2D eigenvalue weighted by atomic mass is 16.6. The van der Waals surface area contributed by atoms with Crippen molar-refractivity contribution in [2.75, 3.05) is 5.32 Å². The van der Waals surface area contributed by atoms with E-state index in [2.05, 4.69) is 10.4 Å². The molecule has 1 aromatic rings. The average molecular weight is 226 g/mol. The minimum absolute atomic E-state index is 0.00685. The first-order valence-electron chi connectivity index (χ1n) is 4.64. The van der Waals surface area contributed by atoms with Gasteiger partial charge >= 0.3 is 11.7 Å². The summed E-state index contributed by atoms with van der Waals surface area (Å²) < 4.78 is 1.28. The van der Waals surface area contributed by atoms with Gasteiger partial charge in [0.15, 0.2) is 0 Å². The van der Waals surface area contributed by atoms with Crippen LogP contribution in [0, 0.1) is 10.1 Å². The lowest BCUT2D eigenvalue weighted by Crippen LogP contribution is -2.31. The van der Waals surface area contributed by atoms with Crippen LogP contribution >= 0.6 is 0 Å². The number of carboxylic acid groups (broad SMARTS) is 1. The molecule has 0 unspecified atom stereocenters. The van der Waals surface area contributed by atoms with Crippen molar-refractivity contribution in [2.45, 2.75) is 18.4 Å². The Bertz CT molecular complexity index is 463. The van der Waals surface area contributed by atoms with Gasteiger partial charge in [0.05, 0.1) is 4.92 Å². The van der Waals surface area contributed by atoms with Crippen molar-refractivity contribution in [3.05, 3.63) is 16.3 Å². The molecule has 1 aromatic heterocycles. The van der Waals surface area contributed by atoms with E-state index >= 15 is 0 Å². The van der Waals surface area contributed by atoms with E-state index in [9.17, 15) is 14.9 Å². The van der Waals surface area contributed by atoms with Crippen LogP contribution < -0.4 is 5.32 Å². The maximum Gasteiger partial charge on any atom is 0.330 e. The summed E-state index contributed by atoms with van der Waals surface area (Å²) in [6, 6.07) is 0. The highest BCUT2D eigenvalue weighted by molar-refractivity contribution is 5.86. The first kappa shape index (κ1) is 10.4. The van der Waals surface area contributed by atoms with Crippen LogP contribution in [0.15, 0.2) is 6.20 Å². The fraction of sp³-hybridized carbons (Fsp3) is 0.500. The minimum atomic E-state index is -1.07. The van der Waals surface area contributed by atoms with Crippen molar-refractivity contribution in [3.63, 3.8) is 0 Å². The molecule has 1 fully saturated rings. The molecule has 0 radical (unpaired) electrons. The molecule has 0 aromatic carbocycles. The summed E-state index contributed by atoms with van der Waals surface area (Å²) in [6.07, 6.45) is 2.15. The highest BCUT2D eigenvalue weighted by Gasteiger charge is 2.51. The van der Waals surface area contributed by atoms with Crippen LogP contribution in [0.1, 0.15) is 12.8 Å². The maximum atomic E-state index is 10.9. The zero-order valence-corrected chi connectivity index (χ0v) is 8.51. The molecular weight excluding hydrogens is 216 g/mol. The predicted molar refractivity (Wildman–Crippen MR) is 53.1 cm³/mol. The standard InChI is InChI=1S/C8H10N4O4/c1-11-4-5(12(15)16)6(10-11)9-8(2-3-8)7(13)14/h4H,2-3H2,1H3,(H,9,10)(H,13,14). The van der Waals surface area contributed by atoms with Gasteiger partial charge in [-0.2, -0.15) is 0 Å². The second-order valence-electron chi connectivity index (χ2n) is 3.81. The summed E-state index contributed by atoms with van der Waals surface area (Å²) in [7, 11) is 1.54. The van der Waals surface area contributed by atoms with E-state index < -0.39 is 16.4 Å². The van der Waals surface area contributed by atoms with Crippen molar-refractivity contribution in [3.8, 4) is 0 Å². The topological polar surface area (TPSA) is 110 Å². The van der Waals surface area contributed by atoms with Gasteiger partial charge in [-0.25, -0.2) is 4.79 Å². The third-order valence-electron chi connectivity index (χ3n) is 2.52. The van der Waals surface area contributed by atoms with Crippen molar-refractivity contribution < 1.29 is 14.8 Å². The third-order valence-corrected chi connectivity index (χ3v) is 2.52. The van der Waals surface area contributed by atoms with Gasteiger partial charge in [-0.15, -0.1) is 5.10 Å². The molecule has 8 nitrogen and oxygen atoms in total. The zero-order chi connectivity index (χ0) is 11.9. The van der Waals surface area contributed by atoms with Crippen molar-refractivity contribution >= 4 is 17.5 Å². The van der Waals surface area contributed by atoms with E-state index in [4.69, 9.17) is 5.11 Å². The van der Waals surface area contributed by atoms with E-state index in [1.165, 1.54) is 10.9 Å². The van der Waals surface area contributed by atoms with Crippen LogP contribution in [0.25, 0.3) is 0 Å². The van der Waals surface area contributed by atoms with Crippen molar-refractivity contribution in [1.29, 1.82) is 0 Å². The first-order valence-corrected chi connectivity index (χ1v) is 4.64. The normalized spacial score (nSPS) is 16.8. The van der Waals surface area contributed by atoms with Crippen LogP contribution in [-0.2, 0) is 11.8 Å². The van der Waals surface area contributed by atoms with Crippen LogP contribution in [-0.4, -0.2) is 31.3 Å². The van der Waals surface area contributed by atoms with Gasteiger partial charge in [-0.1, -0.05) is 0 Å². The third kappa shape index (κ3) is 1.58. The molecule has 2 N–H and O–H groups in total. The number of aliphatic carboxylic acids is 1. The van der Waals surface area contributed by atoms with E-state index in [1.807, 2.05) is 0 Å². The molecule has 86 valence electrons. The van der Waals surface area contributed by atoms with Crippen molar-refractivity contribution in [2.24, 2.45) is 7.05 Å². The molecule has 16 heavy (non-hydrogen) atoms. The Morgan fingerprint density at radius 1 is 1.75 bits per heavy atom. The average Bonchev–Trinajstić information content (AvgIpc) is 2.85. The Morgan fingerprint density at radius 3 is 2.81 bits per heavy atom. The number of rotatable bonds is 4. The lowest BCUT2D eigenvalue weighted by Gasteiger charge is -2.10. The van der Waals surface area contributed by atoms with Gasteiger partial charge in [0.1, 0.15) is 11.7 Å². The van der Waals surface area contributed by atoms with E-state index in [0.717, 1.165) is 0 Å². The predicted octanol–water partition coefficient (Wildman–Crippen LogP) is 0.357. The van der Waals surface area contributed by atoms with E-state index in [-0.39, 0.29) is 11.5 Å². The number of hydrogen-bond acceptors (Lipinski definition) is 5. The Morgan fingerprint density at radius 2 is 2.38 bits per heavy atom. The first-order chi connectivity index (χ1) is 7.44. The molecule has 1 saturated carbocycles. The number of nitro groups is 1. The second kappa shape index (κ2) is 3.19. The smallest absolute Gasteiger partial charge is 0.330 e. The number of aryl methyl sites for hydroxylation is 1. The number of hydrogen-bond donors (Lipinski definition) is 2. The fourth-order valence-corrected chi connectivity index (χ4v) is 1.44. The number of aromatic nitrogens is 2. The van der Waals surface area contributed by atoms with Gasteiger partial charge in [-0.3, -0.25) is 14.8 Å². The van der Waals surface area contributed by atoms with Gasteiger partial charge in [0.25, 0.3) is 0 Å². The molecule has 8 heteroatoms. The van der Waals surface area contributed by atoms with Crippen LogP contribution in [0.5, 0.6) is 0 Å². The maximum absolute atomic E-state index is 10.9. The van der Waals surface area contributed by atoms with Gasteiger partial charge in [-0.05, 0) is 12.8 Å². The minimum Gasteiger partial charge on any atom is -0.480 e. The molecule has 1 aliphatic carbocycles. The van der Waals surface area contributed by atoms with Crippen molar-refractivity contribution in [1.82, 2.24) is 9.78 Å². The number of carboxylic acids is 1. The lowest BCUT2D eigenvalue weighted by molar-refractivity contribution is -0.384. The van der Waals surface area contributed by atoms with Crippen LogP contribution in [0.2, 0.25) is 0 Å². The lowest BCUT2D eigenvalue weighted by atomic mass is 10.3. The molecule has 0 spiro atoms. The summed E-state index contributed by atoms with van der Waals surface area (Å²) in [4.78, 5) is 21.0.